The van der Waals surface area contributed by atoms with Crippen LogP contribution in [0.1, 0.15) is 0 Å². The number of morpholine rings is 1. The van der Waals surface area contributed by atoms with Crippen molar-refractivity contribution in [3.05, 3.63) is 0 Å². The van der Waals surface area contributed by atoms with Gasteiger partial charge in [0.2, 0.25) is 6.04 Å². The summed E-state index contributed by atoms with van der Waals surface area (Å²) in [5.41, 5.74) is 0. The van der Waals surface area contributed by atoms with Gasteiger partial charge in [0.05, 0.1) is 7.11 Å². The van der Waals surface area contributed by atoms with E-state index in [2.05, 4.69) is 14.8 Å². The van der Waals surface area contributed by atoms with Crippen LogP contribution in [0.15, 0.2) is 0 Å². The number of carbonyl (C=O) groups is 2. The Balaban J connectivity index is 2.54. The monoisotopic (exact) mass is 159 g/mol. The van der Waals surface area contributed by atoms with Crippen LogP contribution in [0.5, 0.6) is 0 Å². The van der Waals surface area contributed by atoms with Gasteiger partial charge in [-0.1, -0.05) is 0 Å². The minimum absolute atomic E-state index is 0.312. The zero-order valence-corrected chi connectivity index (χ0v) is 6.12. The van der Waals surface area contributed by atoms with Gasteiger partial charge in [-0.15, -0.1) is 0 Å². The van der Waals surface area contributed by atoms with Gasteiger partial charge in [0.15, 0.2) is 0 Å². The summed E-state index contributed by atoms with van der Waals surface area (Å²) in [4.78, 5) is 21.6. The normalized spacial score (nSPS) is 24.1. The molecule has 1 aliphatic rings. The van der Waals surface area contributed by atoms with Crippen LogP contribution in [-0.2, 0) is 19.1 Å². The molecule has 1 fully saturated rings. The van der Waals surface area contributed by atoms with Gasteiger partial charge in [-0.25, -0.2) is 9.59 Å². The number of nitrogens with one attached hydrogen (secondary N) is 1. The Kier molecular flexibility index (Phi) is 2.43. The number of esters is 2. The number of cyclic esters (lactones) is 1. The third-order valence-corrected chi connectivity index (χ3v) is 1.37. The van der Waals surface area contributed by atoms with Gasteiger partial charge in [-0.3, -0.25) is 5.32 Å². The summed E-state index contributed by atoms with van der Waals surface area (Å²) >= 11 is 0. The Morgan fingerprint density at radius 2 is 2.55 bits per heavy atom. The van der Waals surface area contributed by atoms with E-state index in [-0.39, 0.29) is 0 Å². The molecule has 1 rings (SSSR count). The summed E-state index contributed by atoms with van der Waals surface area (Å²) in [6.07, 6.45) is 0. The second kappa shape index (κ2) is 3.34. The third-order valence-electron chi connectivity index (χ3n) is 1.37. The lowest BCUT2D eigenvalue weighted by molar-refractivity contribution is -0.160. The van der Waals surface area contributed by atoms with Crippen LogP contribution >= 0.6 is 0 Å². The van der Waals surface area contributed by atoms with E-state index < -0.39 is 18.0 Å². The molecule has 1 unspecified atom stereocenters. The van der Waals surface area contributed by atoms with Crippen LogP contribution in [0.2, 0.25) is 0 Å². The highest BCUT2D eigenvalue weighted by molar-refractivity contribution is 5.99. The van der Waals surface area contributed by atoms with Gasteiger partial charge < -0.3 is 9.47 Å². The quantitative estimate of drug-likeness (QED) is 0.379. The summed E-state index contributed by atoms with van der Waals surface area (Å²) in [6, 6.07) is -0.936. The van der Waals surface area contributed by atoms with Gasteiger partial charge in [-0.05, 0) is 0 Å². The number of ether oxygens (including phenoxy) is 2. The lowest BCUT2D eigenvalue weighted by Gasteiger charge is -2.19. The van der Waals surface area contributed by atoms with Crippen LogP contribution < -0.4 is 5.32 Å². The van der Waals surface area contributed by atoms with Gasteiger partial charge >= 0.3 is 11.9 Å². The summed E-state index contributed by atoms with van der Waals surface area (Å²) in [7, 11) is 1.23. The molecule has 0 saturated carbocycles. The number of rotatable bonds is 1. The highest BCUT2D eigenvalue weighted by atomic mass is 16.6. The number of carbonyl (C=O) groups excluding carboxylic acids is 2. The topological polar surface area (TPSA) is 64.6 Å². The largest absolute Gasteiger partial charge is 0.467 e. The lowest BCUT2D eigenvalue weighted by Crippen LogP contribution is -2.50. The van der Waals surface area contributed by atoms with Crippen LogP contribution in [0, 0.1) is 0 Å². The molecule has 1 aliphatic heterocycles. The first-order valence-electron chi connectivity index (χ1n) is 3.23. The molecule has 0 spiro atoms. The lowest BCUT2D eigenvalue weighted by atomic mass is 10.3. The molecular weight excluding hydrogens is 150 g/mol. The molecule has 62 valence electrons. The molecule has 1 saturated heterocycles. The van der Waals surface area contributed by atoms with Crippen molar-refractivity contribution in [1.29, 1.82) is 0 Å². The van der Waals surface area contributed by atoms with E-state index in [4.69, 9.17) is 0 Å². The first-order chi connectivity index (χ1) is 5.25. The second-order valence-corrected chi connectivity index (χ2v) is 2.08. The zero-order valence-electron chi connectivity index (χ0n) is 6.12. The van der Waals surface area contributed by atoms with Crippen LogP contribution in [-0.4, -0.2) is 38.2 Å². The highest BCUT2D eigenvalue weighted by Crippen LogP contribution is 1.96. The minimum atomic E-state index is -0.936. The van der Waals surface area contributed by atoms with Crippen molar-refractivity contribution >= 4 is 11.9 Å². The van der Waals surface area contributed by atoms with Crippen molar-refractivity contribution in [3.63, 3.8) is 0 Å². The Morgan fingerprint density at radius 1 is 1.82 bits per heavy atom. The molecule has 1 heterocycles. The fraction of sp³-hybridized carbons (Fsp3) is 0.667. The van der Waals surface area contributed by atoms with E-state index in [1.54, 1.807) is 0 Å². The van der Waals surface area contributed by atoms with Crippen molar-refractivity contribution in [1.82, 2.24) is 5.32 Å². The van der Waals surface area contributed by atoms with Crippen molar-refractivity contribution < 1.29 is 19.1 Å². The average Bonchev–Trinajstić information content (AvgIpc) is 2.04. The van der Waals surface area contributed by atoms with Gasteiger partial charge in [0.25, 0.3) is 0 Å². The predicted octanol–water partition coefficient (Wildman–Crippen LogP) is -1.33. The van der Waals surface area contributed by atoms with Crippen molar-refractivity contribution in [2.45, 2.75) is 6.04 Å². The maximum Gasteiger partial charge on any atom is 0.334 e. The smallest absolute Gasteiger partial charge is 0.334 e. The maximum absolute atomic E-state index is 10.8. The molecule has 0 aromatic rings. The average molecular weight is 159 g/mol. The first kappa shape index (κ1) is 8.00. The molecule has 1 N–H and O–H groups in total. The fourth-order valence-electron chi connectivity index (χ4n) is 0.819. The van der Waals surface area contributed by atoms with E-state index in [1.807, 2.05) is 0 Å². The molecule has 0 aromatic heterocycles. The standard InChI is InChI=1S/C6H9NO4/c1-10-5(8)4-6(9)11-3-2-7-4/h4,7H,2-3H2,1H3. The molecule has 0 aliphatic carbocycles. The Bertz CT molecular complexity index is 171. The summed E-state index contributed by atoms with van der Waals surface area (Å²) in [6.45, 7) is 0.803. The Hall–Kier alpha value is -1.10. The fourth-order valence-corrected chi connectivity index (χ4v) is 0.819. The highest BCUT2D eigenvalue weighted by Gasteiger charge is 2.31. The molecule has 0 bridgehead atoms. The Labute approximate surface area is 63.7 Å². The molecule has 11 heavy (non-hydrogen) atoms. The van der Waals surface area contributed by atoms with Crippen LogP contribution in [0.4, 0.5) is 0 Å². The predicted molar refractivity (Wildman–Crippen MR) is 34.8 cm³/mol. The van der Waals surface area contributed by atoms with Crippen molar-refractivity contribution in [2.24, 2.45) is 0 Å². The molecule has 5 heteroatoms. The van der Waals surface area contributed by atoms with E-state index in [1.165, 1.54) is 7.11 Å². The van der Waals surface area contributed by atoms with Crippen LogP contribution in [0.3, 0.4) is 0 Å². The van der Waals surface area contributed by atoms with Crippen LogP contribution in [0.25, 0.3) is 0 Å². The molecule has 1 atom stereocenters. The van der Waals surface area contributed by atoms with Gasteiger partial charge in [0, 0.05) is 6.54 Å². The summed E-state index contributed by atoms with van der Waals surface area (Å²) in [5, 5.41) is 2.67. The number of methoxy groups -OCH3 is 1. The molecule has 0 amide bonds. The first-order valence-corrected chi connectivity index (χ1v) is 3.23. The second-order valence-electron chi connectivity index (χ2n) is 2.08. The number of hydrogen-bond donors (Lipinski definition) is 1. The molecule has 5 nitrogen and oxygen atoms in total. The van der Waals surface area contributed by atoms with E-state index in [9.17, 15) is 9.59 Å². The Morgan fingerprint density at radius 3 is 3.09 bits per heavy atom. The van der Waals surface area contributed by atoms with E-state index in [0.29, 0.717) is 13.2 Å². The van der Waals surface area contributed by atoms with Crippen molar-refractivity contribution in [3.8, 4) is 0 Å². The minimum Gasteiger partial charge on any atom is -0.467 e. The third kappa shape index (κ3) is 1.68. The van der Waals surface area contributed by atoms with Crippen molar-refractivity contribution in [2.75, 3.05) is 20.3 Å². The maximum atomic E-state index is 10.8. The SMILES string of the molecule is COC(=O)C1NCCOC1=O. The van der Waals surface area contributed by atoms with E-state index >= 15 is 0 Å². The van der Waals surface area contributed by atoms with Gasteiger partial charge in [0.1, 0.15) is 6.61 Å². The zero-order chi connectivity index (χ0) is 8.27. The molecular formula is C6H9NO4. The summed E-state index contributed by atoms with van der Waals surface area (Å²) < 4.78 is 8.97. The molecule has 0 radical (unpaired) electrons. The summed E-state index contributed by atoms with van der Waals surface area (Å²) in [5.74, 6) is -1.17. The van der Waals surface area contributed by atoms with Gasteiger partial charge in [-0.2, -0.15) is 0 Å². The van der Waals surface area contributed by atoms with E-state index in [0.717, 1.165) is 0 Å². The molecule has 0 aromatic carbocycles. The number of hydrogen-bond acceptors (Lipinski definition) is 5.